The Morgan fingerprint density at radius 2 is 1.93 bits per heavy atom. The molecule has 0 atom stereocenters. The van der Waals surface area contributed by atoms with E-state index in [1.807, 2.05) is 25.1 Å². The summed E-state index contributed by atoms with van der Waals surface area (Å²) in [4.78, 5) is 31.1. The third-order valence-electron chi connectivity index (χ3n) is 4.40. The molecule has 0 aliphatic rings. The molecule has 2 N–H and O–H groups in total. The number of rotatable bonds is 5. The van der Waals surface area contributed by atoms with Crippen molar-refractivity contribution in [1.29, 1.82) is 0 Å². The molecule has 2 aromatic heterocycles. The van der Waals surface area contributed by atoms with Crippen LogP contribution in [0.3, 0.4) is 0 Å². The van der Waals surface area contributed by atoms with Crippen molar-refractivity contribution in [3.8, 4) is 11.5 Å². The summed E-state index contributed by atoms with van der Waals surface area (Å²) >= 11 is 3.40. The number of aromatic amines is 2. The van der Waals surface area contributed by atoms with E-state index < -0.39 is 11.2 Å². The number of halogens is 1. The highest BCUT2D eigenvalue weighted by molar-refractivity contribution is 9.10. The number of H-pyrrole nitrogens is 2. The molecule has 2 heterocycles. The molecule has 4 rings (SSSR count). The van der Waals surface area contributed by atoms with E-state index in [1.54, 1.807) is 18.2 Å². The van der Waals surface area contributed by atoms with Crippen LogP contribution in [0.5, 0.6) is 11.5 Å². The number of hydrogen-bond donors (Lipinski definition) is 2. The van der Waals surface area contributed by atoms with Crippen LogP contribution >= 0.6 is 15.9 Å². The van der Waals surface area contributed by atoms with Crippen molar-refractivity contribution in [2.45, 2.75) is 6.92 Å². The minimum absolute atomic E-state index is 0.277. The fraction of sp³-hybridized carbons (Fsp3) is 0.150. The zero-order valence-electron chi connectivity index (χ0n) is 15.7. The minimum atomic E-state index is -0.627. The summed E-state index contributed by atoms with van der Waals surface area (Å²) in [7, 11) is 1.54. The maximum Gasteiger partial charge on any atom is 0.350 e. The van der Waals surface area contributed by atoms with Gasteiger partial charge in [0.1, 0.15) is 5.52 Å². The molecule has 0 aliphatic heterocycles. The van der Waals surface area contributed by atoms with Crippen LogP contribution in [0, 0.1) is 0 Å². The zero-order valence-corrected chi connectivity index (χ0v) is 17.2. The van der Waals surface area contributed by atoms with Gasteiger partial charge in [0.25, 0.3) is 0 Å². The van der Waals surface area contributed by atoms with E-state index in [-0.39, 0.29) is 5.52 Å². The zero-order chi connectivity index (χ0) is 20.5. The van der Waals surface area contributed by atoms with Crippen molar-refractivity contribution >= 4 is 44.1 Å². The molecule has 9 heteroatoms. The molecule has 0 fully saturated rings. The van der Waals surface area contributed by atoms with Crippen molar-refractivity contribution < 1.29 is 9.47 Å². The van der Waals surface area contributed by atoms with Gasteiger partial charge in [0, 0.05) is 15.4 Å². The number of methoxy groups -OCH3 is 1. The summed E-state index contributed by atoms with van der Waals surface area (Å²) in [6.07, 6.45) is 1.42. The average molecular weight is 457 g/mol. The molecule has 0 saturated heterocycles. The van der Waals surface area contributed by atoms with E-state index in [0.29, 0.717) is 29.2 Å². The Labute approximate surface area is 172 Å². The van der Waals surface area contributed by atoms with Crippen LogP contribution in [0.15, 0.2) is 55.6 Å². The molecule has 0 unspecified atom stereocenters. The van der Waals surface area contributed by atoms with E-state index in [0.717, 1.165) is 20.1 Å². The summed E-state index contributed by atoms with van der Waals surface area (Å²) in [6.45, 7) is 2.39. The van der Waals surface area contributed by atoms with E-state index in [2.05, 4.69) is 31.0 Å². The van der Waals surface area contributed by atoms with Gasteiger partial charge < -0.3 is 19.4 Å². The first-order valence-corrected chi connectivity index (χ1v) is 9.62. The Kier molecular flexibility index (Phi) is 4.98. The lowest BCUT2D eigenvalue weighted by atomic mass is 10.2. The van der Waals surface area contributed by atoms with Crippen LogP contribution in [0.1, 0.15) is 12.5 Å². The number of ether oxygens (including phenoxy) is 2. The molecule has 0 bridgehead atoms. The second-order valence-electron chi connectivity index (χ2n) is 6.20. The molecule has 148 valence electrons. The van der Waals surface area contributed by atoms with Crippen molar-refractivity contribution in [3.63, 3.8) is 0 Å². The normalized spacial score (nSPS) is 11.6. The summed E-state index contributed by atoms with van der Waals surface area (Å²) in [5.74, 6) is 1.14. The molecule has 0 radical (unpaired) electrons. The second-order valence-corrected chi connectivity index (χ2v) is 7.12. The first-order valence-electron chi connectivity index (χ1n) is 8.83. The van der Waals surface area contributed by atoms with Gasteiger partial charge in [-0.3, -0.25) is 4.79 Å². The van der Waals surface area contributed by atoms with Crippen LogP contribution in [0.25, 0.3) is 21.9 Å². The second kappa shape index (κ2) is 7.59. The van der Waals surface area contributed by atoms with Gasteiger partial charge in [0.05, 0.1) is 25.4 Å². The van der Waals surface area contributed by atoms with Gasteiger partial charge in [-0.15, -0.1) is 4.68 Å². The van der Waals surface area contributed by atoms with Crippen molar-refractivity contribution in [1.82, 2.24) is 14.6 Å². The van der Waals surface area contributed by atoms with Crippen molar-refractivity contribution in [3.05, 3.63) is 67.3 Å². The van der Waals surface area contributed by atoms with Crippen LogP contribution in [0.4, 0.5) is 0 Å². The first kappa shape index (κ1) is 19.0. The predicted molar refractivity (Wildman–Crippen MR) is 116 cm³/mol. The number of aromatic nitrogens is 3. The van der Waals surface area contributed by atoms with E-state index in [4.69, 9.17) is 9.47 Å². The minimum Gasteiger partial charge on any atom is -0.493 e. The van der Waals surface area contributed by atoms with Crippen LogP contribution < -0.4 is 20.7 Å². The summed E-state index contributed by atoms with van der Waals surface area (Å²) in [5, 5.41) is 4.82. The van der Waals surface area contributed by atoms with Gasteiger partial charge in [-0.1, -0.05) is 15.9 Å². The maximum atomic E-state index is 12.8. The largest absolute Gasteiger partial charge is 0.493 e. The standard InChI is InChI=1S/C20H17BrN4O4/c1-3-29-15-7-4-11(8-16(15)28-2)10-22-25-19(26)18-17(24-20(25)27)13-9-12(21)5-6-14(13)23-18/h4-10,23H,3H2,1-2H3,(H,24,27). The highest BCUT2D eigenvalue weighted by Gasteiger charge is 2.13. The van der Waals surface area contributed by atoms with Gasteiger partial charge in [-0.25, -0.2) is 4.79 Å². The molecule has 4 aromatic rings. The topological polar surface area (TPSA) is 101 Å². The smallest absolute Gasteiger partial charge is 0.350 e. The lowest BCUT2D eigenvalue weighted by Gasteiger charge is -2.09. The van der Waals surface area contributed by atoms with Crippen LogP contribution in [0.2, 0.25) is 0 Å². The molecule has 0 aliphatic carbocycles. The Bertz CT molecular complexity index is 1370. The molecule has 2 aromatic carbocycles. The summed E-state index contributed by atoms with van der Waals surface area (Å²) in [5.41, 5.74) is 0.957. The van der Waals surface area contributed by atoms with Gasteiger partial charge in [0.2, 0.25) is 0 Å². The SMILES string of the molecule is CCOc1ccc(C=Nn2c(=O)[nH]c3c([nH]c4ccc(Br)cc43)c2=O)cc1OC. The number of nitrogens with zero attached hydrogens (tertiary/aromatic N) is 2. The van der Waals surface area contributed by atoms with E-state index in [1.165, 1.54) is 13.3 Å². The number of fused-ring (bicyclic) bond motifs is 3. The Morgan fingerprint density at radius 1 is 1.10 bits per heavy atom. The Hall–Kier alpha value is -3.33. The van der Waals surface area contributed by atoms with Crippen LogP contribution in [-0.4, -0.2) is 34.6 Å². The summed E-state index contributed by atoms with van der Waals surface area (Å²) in [6, 6.07) is 10.7. The Morgan fingerprint density at radius 3 is 2.69 bits per heavy atom. The van der Waals surface area contributed by atoms with Crippen molar-refractivity contribution in [2.75, 3.05) is 13.7 Å². The monoisotopic (exact) mass is 456 g/mol. The third-order valence-corrected chi connectivity index (χ3v) is 4.89. The molecular weight excluding hydrogens is 440 g/mol. The third kappa shape index (κ3) is 3.44. The lowest BCUT2D eigenvalue weighted by Crippen LogP contribution is -2.32. The summed E-state index contributed by atoms with van der Waals surface area (Å²) < 4.78 is 12.4. The predicted octanol–water partition coefficient (Wildman–Crippen LogP) is 3.22. The number of nitrogens with one attached hydrogen (secondary N) is 2. The molecule has 0 amide bonds. The first-order chi connectivity index (χ1) is 14.0. The van der Waals surface area contributed by atoms with Crippen LogP contribution in [-0.2, 0) is 0 Å². The van der Waals surface area contributed by atoms with Crippen molar-refractivity contribution in [2.24, 2.45) is 5.10 Å². The molecule has 0 spiro atoms. The number of benzene rings is 2. The molecule has 29 heavy (non-hydrogen) atoms. The Balaban J connectivity index is 1.79. The van der Waals surface area contributed by atoms with Gasteiger partial charge >= 0.3 is 11.2 Å². The maximum absolute atomic E-state index is 12.8. The highest BCUT2D eigenvalue weighted by Crippen LogP contribution is 2.27. The van der Waals surface area contributed by atoms with Gasteiger partial charge in [-0.2, -0.15) is 5.10 Å². The van der Waals surface area contributed by atoms with E-state index in [9.17, 15) is 9.59 Å². The van der Waals surface area contributed by atoms with Gasteiger partial charge in [0.15, 0.2) is 11.5 Å². The molecule has 0 saturated carbocycles. The van der Waals surface area contributed by atoms with E-state index >= 15 is 0 Å². The fourth-order valence-corrected chi connectivity index (χ4v) is 3.44. The lowest BCUT2D eigenvalue weighted by molar-refractivity contribution is 0.311. The quantitative estimate of drug-likeness (QED) is 0.450. The molecular formula is C20H17BrN4O4. The van der Waals surface area contributed by atoms with Gasteiger partial charge in [-0.05, 0) is 48.9 Å². The average Bonchev–Trinajstić information content (AvgIpc) is 3.07. The number of hydrogen-bond acceptors (Lipinski definition) is 5. The molecule has 8 nitrogen and oxygen atoms in total. The highest BCUT2D eigenvalue weighted by atomic mass is 79.9. The fourth-order valence-electron chi connectivity index (χ4n) is 3.08.